The molecule has 36 heavy (non-hydrogen) atoms. The van der Waals surface area contributed by atoms with Crippen LogP contribution in [0.5, 0.6) is 0 Å². The van der Waals surface area contributed by atoms with Gasteiger partial charge in [-0.1, -0.05) is 44.2 Å². The summed E-state index contributed by atoms with van der Waals surface area (Å²) in [6.45, 7) is 4.69. The number of carbonyl (C=O) groups is 2. The molecule has 4 saturated carbocycles. The topological polar surface area (TPSA) is 85.1 Å². The molecule has 4 aliphatic rings. The molecule has 6 rings (SSSR count). The Hall–Kier alpha value is -2.53. The van der Waals surface area contributed by atoms with Crippen LogP contribution in [0, 0.1) is 29.1 Å². The van der Waals surface area contributed by atoms with Crippen molar-refractivity contribution in [2.45, 2.75) is 76.7 Å². The number of hydrogen-bond acceptors (Lipinski definition) is 4. The van der Waals surface area contributed by atoms with Gasteiger partial charge in [0.2, 0.25) is 5.91 Å². The third kappa shape index (κ3) is 4.40. The monoisotopic (exact) mass is 487 g/mol. The van der Waals surface area contributed by atoms with Gasteiger partial charge < -0.3 is 11.1 Å². The van der Waals surface area contributed by atoms with Gasteiger partial charge in [0.25, 0.3) is 0 Å². The average Bonchev–Trinajstić information content (AvgIpc) is 2.89. The molecule has 1 heterocycles. The van der Waals surface area contributed by atoms with E-state index in [1.807, 2.05) is 30.3 Å². The Morgan fingerprint density at radius 3 is 2.28 bits per heavy atom. The number of Topliss-reactive ketones (excluding diaryl/α,β-unsaturated/α-hetero) is 1. The second-order valence-electron chi connectivity index (χ2n) is 11.8. The Kier molecular flexibility index (Phi) is 7.04. The molecule has 1 amide bonds. The molecule has 1 aromatic carbocycles. The zero-order chi connectivity index (χ0) is 25.3. The number of nitrogens with two attached hydrogens (primary N) is 1. The van der Waals surface area contributed by atoms with Crippen LogP contribution in [0.25, 0.3) is 0 Å². The second-order valence-corrected chi connectivity index (χ2v) is 11.8. The number of benzene rings is 1. The molecule has 4 aliphatic carbocycles. The van der Waals surface area contributed by atoms with Crippen LogP contribution in [0.1, 0.15) is 69.9 Å². The van der Waals surface area contributed by atoms with E-state index in [0.717, 1.165) is 43.2 Å². The van der Waals surface area contributed by atoms with Gasteiger partial charge in [-0.2, -0.15) is 0 Å². The first-order valence-electron chi connectivity index (χ1n) is 13.9. The van der Waals surface area contributed by atoms with Gasteiger partial charge in [0, 0.05) is 36.8 Å². The molecule has 2 aromatic rings. The summed E-state index contributed by atoms with van der Waals surface area (Å²) in [6.07, 6.45) is 10.9. The molecule has 1 aromatic heterocycles. The summed E-state index contributed by atoms with van der Waals surface area (Å²) in [5.74, 6) is 2.50. The third-order valence-electron chi connectivity index (χ3n) is 10.0. The first kappa shape index (κ1) is 25.1. The van der Waals surface area contributed by atoms with Gasteiger partial charge in [0.05, 0.1) is 5.41 Å². The Labute approximate surface area is 215 Å². The van der Waals surface area contributed by atoms with Crippen molar-refractivity contribution >= 4 is 11.7 Å². The van der Waals surface area contributed by atoms with E-state index in [2.05, 4.69) is 36.3 Å². The van der Waals surface area contributed by atoms with E-state index in [-0.39, 0.29) is 17.4 Å². The summed E-state index contributed by atoms with van der Waals surface area (Å²) >= 11 is 0. The first-order chi connectivity index (χ1) is 17.4. The molecule has 0 radical (unpaired) electrons. The molecule has 4 bridgehead atoms. The molecule has 0 spiro atoms. The van der Waals surface area contributed by atoms with E-state index in [0.29, 0.717) is 42.4 Å². The van der Waals surface area contributed by atoms with Crippen LogP contribution in [-0.4, -0.2) is 29.3 Å². The van der Waals surface area contributed by atoms with E-state index < -0.39 is 5.41 Å². The minimum atomic E-state index is -0.519. The molecular formula is C31H41N3O2. The SMILES string of the molecule is CCC(CC)(C(=O)NCC(N)C1C2CC3CC1CC(C(=O)Cc1ccncc1)(C3)C2)c1ccccc1. The summed E-state index contributed by atoms with van der Waals surface area (Å²) in [7, 11) is 0. The molecule has 192 valence electrons. The van der Waals surface area contributed by atoms with Crippen LogP contribution < -0.4 is 11.1 Å². The van der Waals surface area contributed by atoms with Crippen molar-refractivity contribution in [1.82, 2.24) is 10.3 Å². The van der Waals surface area contributed by atoms with Crippen molar-refractivity contribution in [2.24, 2.45) is 34.8 Å². The molecule has 3 N–H and O–H groups in total. The van der Waals surface area contributed by atoms with Crippen LogP contribution in [0.4, 0.5) is 0 Å². The van der Waals surface area contributed by atoms with Crippen LogP contribution in [0.15, 0.2) is 54.9 Å². The van der Waals surface area contributed by atoms with Gasteiger partial charge in [-0.25, -0.2) is 0 Å². The fourth-order valence-corrected chi connectivity index (χ4v) is 8.36. The number of pyridine rings is 1. The average molecular weight is 488 g/mol. The summed E-state index contributed by atoms with van der Waals surface area (Å²) in [4.78, 5) is 31.2. The van der Waals surface area contributed by atoms with Crippen molar-refractivity contribution in [2.75, 3.05) is 6.54 Å². The van der Waals surface area contributed by atoms with E-state index in [9.17, 15) is 9.59 Å². The lowest BCUT2D eigenvalue weighted by molar-refractivity contribution is -0.151. The predicted molar refractivity (Wildman–Crippen MR) is 142 cm³/mol. The van der Waals surface area contributed by atoms with Gasteiger partial charge in [-0.05, 0) is 91.9 Å². The van der Waals surface area contributed by atoms with Gasteiger partial charge in [-0.15, -0.1) is 0 Å². The molecule has 0 aliphatic heterocycles. The van der Waals surface area contributed by atoms with Crippen LogP contribution in [0.3, 0.4) is 0 Å². The maximum Gasteiger partial charge on any atom is 0.230 e. The van der Waals surface area contributed by atoms with Gasteiger partial charge in [0.15, 0.2) is 0 Å². The quantitative estimate of drug-likeness (QED) is 0.502. The van der Waals surface area contributed by atoms with Crippen LogP contribution >= 0.6 is 0 Å². The Bertz CT molecular complexity index is 1050. The van der Waals surface area contributed by atoms with E-state index in [1.165, 1.54) is 12.8 Å². The predicted octanol–water partition coefficient (Wildman–Crippen LogP) is 4.84. The number of ketones is 1. The highest BCUT2D eigenvalue weighted by molar-refractivity contribution is 5.88. The number of nitrogens with zero attached hydrogens (tertiary/aromatic N) is 1. The number of nitrogens with one attached hydrogen (secondary N) is 1. The number of rotatable bonds is 10. The van der Waals surface area contributed by atoms with Gasteiger partial charge in [-0.3, -0.25) is 14.6 Å². The van der Waals surface area contributed by atoms with E-state index in [1.54, 1.807) is 12.4 Å². The molecule has 5 nitrogen and oxygen atoms in total. The minimum absolute atomic E-state index is 0.0708. The standard InChI is InChI=1S/C31H41N3O2/c1-3-31(4-2,25-8-6-5-7-9-25)29(36)34-20-26(32)28-23-14-22-15-24(28)19-30(17-22,18-23)27(35)16-21-10-12-33-13-11-21/h5-13,22-24,26,28H,3-4,14-20,32H2,1-2H3,(H,34,36). The van der Waals surface area contributed by atoms with Gasteiger partial charge >= 0.3 is 0 Å². The molecule has 0 saturated heterocycles. The second kappa shape index (κ2) is 10.1. The highest BCUT2D eigenvalue weighted by atomic mass is 16.2. The lowest BCUT2D eigenvalue weighted by Crippen LogP contribution is -2.60. The van der Waals surface area contributed by atoms with Crippen molar-refractivity contribution in [3.8, 4) is 0 Å². The van der Waals surface area contributed by atoms with Crippen LogP contribution in [0.2, 0.25) is 0 Å². The maximum atomic E-state index is 13.6. The largest absolute Gasteiger partial charge is 0.354 e. The number of carbonyl (C=O) groups excluding carboxylic acids is 2. The highest BCUT2D eigenvalue weighted by Gasteiger charge is 2.58. The zero-order valence-electron chi connectivity index (χ0n) is 21.8. The van der Waals surface area contributed by atoms with E-state index in [4.69, 9.17) is 5.73 Å². The minimum Gasteiger partial charge on any atom is -0.354 e. The summed E-state index contributed by atoms with van der Waals surface area (Å²) < 4.78 is 0. The Balaban J connectivity index is 1.25. The molecule has 3 atom stereocenters. The smallest absolute Gasteiger partial charge is 0.230 e. The summed E-state index contributed by atoms with van der Waals surface area (Å²) in [5, 5.41) is 3.26. The highest BCUT2D eigenvalue weighted by Crippen LogP contribution is 2.63. The van der Waals surface area contributed by atoms with Crippen molar-refractivity contribution in [3.05, 3.63) is 66.0 Å². The van der Waals surface area contributed by atoms with Crippen molar-refractivity contribution in [3.63, 3.8) is 0 Å². The first-order valence-corrected chi connectivity index (χ1v) is 13.9. The van der Waals surface area contributed by atoms with Crippen LogP contribution in [-0.2, 0) is 21.4 Å². The lowest BCUT2D eigenvalue weighted by Gasteiger charge is -2.60. The number of hydrogen-bond donors (Lipinski definition) is 2. The third-order valence-corrected chi connectivity index (χ3v) is 10.0. The fraction of sp³-hybridized carbons (Fsp3) is 0.581. The summed E-state index contributed by atoms with van der Waals surface area (Å²) in [6, 6.07) is 14.0. The van der Waals surface area contributed by atoms with Gasteiger partial charge in [0.1, 0.15) is 5.78 Å². The normalized spacial score (nSPS) is 29.6. The molecular weight excluding hydrogens is 446 g/mol. The Morgan fingerprint density at radius 2 is 1.67 bits per heavy atom. The van der Waals surface area contributed by atoms with E-state index >= 15 is 0 Å². The number of aromatic nitrogens is 1. The fourth-order valence-electron chi connectivity index (χ4n) is 8.36. The zero-order valence-corrected chi connectivity index (χ0v) is 21.8. The Morgan fingerprint density at radius 1 is 1.03 bits per heavy atom. The summed E-state index contributed by atoms with van der Waals surface area (Å²) in [5.41, 5.74) is 8.29. The molecule has 3 unspecified atom stereocenters. The van der Waals surface area contributed by atoms with Crippen molar-refractivity contribution in [1.29, 1.82) is 0 Å². The number of amides is 1. The maximum absolute atomic E-state index is 13.6. The van der Waals surface area contributed by atoms with Crippen molar-refractivity contribution < 1.29 is 9.59 Å². The molecule has 4 fully saturated rings. The molecule has 5 heteroatoms. The lowest BCUT2D eigenvalue weighted by atomic mass is 9.44.